The van der Waals surface area contributed by atoms with Gasteiger partial charge >= 0.3 is 0 Å². The van der Waals surface area contributed by atoms with Crippen molar-refractivity contribution in [1.29, 1.82) is 0 Å². The second-order valence-electron chi connectivity index (χ2n) is 5.13. The van der Waals surface area contributed by atoms with Gasteiger partial charge in [-0.2, -0.15) is 0 Å². The van der Waals surface area contributed by atoms with E-state index >= 15 is 0 Å². The molecule has 0 bridgehead atoms. The van der Waals surface area contributed by atoms with E-state index in [0.29, 0.717) is 23.9 Å². The van der Waals surface area contributed by atoms with E-state index in [1.165, 1.54) is 0 Å². The van der Waals surface area contributed by atoms with Crippen LogP contribution < -0.4 is 4.74 Å². The van der Waals surface area contributed by atoms with Gasteiger partial charge in [0.2, 0.25) is 0 Å². The molecule has 4 nitrogen and oxygen atoms in total. The molecule has 1 aromatic carbocycles. The van der Waals surface area contributed by atoms with Crippen molar-refractivity contribution in [3.05, 3.63) is 29.3 Å². The van der Waals surface area contributed by atoms with Crippen LogP contribution in [0.15, 0.2) is 24.3 Å². The smallest absolute Gasteiger partial charge is 0.260 e. The van der Waals surface area contributed by atoms with Gasteiger partial charge in [-0.3, -0.25) is 4.79 Å². The molecule has 0 radical (unpaired) electrons. The third kappa shape index (κ3) is 3.85. The van der Waals surface area contributed by atoms with Crippen LogP contribution in [0, 0.1) is 0 Å². The molecule has 0 saturated carbocycles. The average molecular weight is 284 g/mol. The van der Waals surface area contributed by atoms with Crippen LogP contribution in [-0.2, 0) is 4.79 Å². The molecular formula is C14H18ClNO3. The lowest BCUT2D eigenvalue weighted by Gasteiger charge is -2.36. The highest BCUT2D eigenvalue weighted by molar-refractivity contribution is 6.32. The van der Waals surface area contributed by atoms with Crippen LogP contribution in [0.4, 0.5) is 0 Å². The van der Waals surface area contributed by atoms with Crippen LogP contribution in [0.5, 0.6) is 5.75 Å². The summed E-state index contributed by atoms with van der Waals surface area (Å²) in [7, 11) is 0. The van der Waals surface area contributed by atoms with Gasteiger partial charge in [0, 0.05) is 13.1 Å². The van der Waals surface area contributed by atoms with E-state index < -0.39 is 5.60 Å². The summed E-state index contributed by atoms with van der Waals surface area (Å²) >= 11 is 5.95. The molecule has 0 spiro atoms. The van der Waals surface area contributed by atoms with Crippen LogP contribution in [0.25, 0.3) is 0 Å². The number of benzene rings is 1. The third-order valence-electron chi connectivity index (χ3n) is 3.22. The van der Waals surface area contributed by atoms with Crippen molar-refractivity contribution in [2.24, 2.45) is 0 Å². The predicted molar refractivity (Wildman–Crippen MR) is 73.4 cm³/mol. The summed E-state index contributed by atoms with van der Waals surface area (Å²) in [6.45, 7) is 2.72. The molecule has 1 heterocycles. The summed E-state index contributed by atoms with van der Waals surface area (Å²) in [6.07, 6.45) is 1.53. The topological polar surface area (TPSA) is 49.8 Å². The number of nitrogens with zero attached hydrogens (tertiary/aromatic N) is 1. The molecule has 1 fully saturated rings. The summed E-state index contributed by atoms with van der Waals surface area (Å²) < 4.78 is 5.42. The number of hydrogen-bond donors (Lipinski definition) is 1. The quantitative estimate of drug-likeness (QED) is 0.924. The highest BCUT2D eigenvalue weighted by Gasteiger charge is 2.30. The van der Waals surface area contributed by atoms with Crippen molar-refractivity contribution in [2.45, 2.75) is 25.4 Å². The summed E-state index contributed by atoms with van der Waals surface area (Å²) in [5.74, 6) is 0.376. The Hall–Kier alpha value is -1.26. The Labute approximate surface area is 117 Å². The van der Waals surface area contributed by atoms with E-state index in [9.17, 15) is 9.90 Å². The van der Waals surface area contributed by atoms with Crippen LogP contribution in [0.3, 0.4) is 0 Å². The fraction of sp³-hybridized carbons (Fsp3) is 0.500. The van der Waals surface area contributed by atoms with E-state index in [-0.39, 0.29) is 12.5 Å². The van der Waals surface area contributed by atoms with Gasteiger partial charge in [0.25, 0.3) is 5.91 Å². The van der Waals surface area contributed by atoms with E-state index in [4.69, 9.17) is 16.3 Å². The second kappa shape index (κ2) is 5.80. The fourth-order valence-corrected chi connectivity index (χ4v) is 2.42. The third-order valence-corrected chi connectivity index (χ3v) is 3.53. The first-order valence-corrected chi connectivity index (χ1v) is 6.73. The Bertz CT molecular complexity index is 462. The molecule has 1 N–H and O–H groups in total. The number of amides is 1. The Morgan fingerprint density at radius 2 is 2.26 bits per heavy atom. The molecule has 0 aliphatic carbocycles. The number of halogens is 1. The first-order chi connectivity index (χ1) is 8.98. The summed E-state index contributed by atoms with van der Waals surface area (Å²) in [5, 5.41) is 10.5. The van der Waals surface area contributed by atoms with Crippen molar-refractivity contribution in [3.63, 3.8) is 0 Å². The minimum Gasteiger partial charge on any atom is -0.482 e. The van der Waals surface area contributed by atoms with Gasteiger partial charge in [0.15, 0.2) is 6.61 Å². The van der Waals surface area contributed by atoms with E-state index in [2.05, 4.69) is 0 Å². The molecule has 1 unspecified atom stereocenters. The molecule has 1 aromatic rings. The number of rotatable bonds is 3. The highest BCUT2D eigenvalue weighted by atomic mass is 35.5. The number of ether oxygens (including phenoxy) is 1. The Morgan fingerprint density at radius 3 is 2.95 bits per heavy atom. The van der Waals surface area contributed by atoms with Crippen LogP contribution in [-0.4, -0.2) is 41.2 Å². The largest absolute Gasteiger partial charge is 0.482 e. The molecule has 1 amide bonds. The van der Waals surface area contributed by atoms with Crippen LogP contribution in [0.2, 0.25) is 5.02 Å². The number of aliphatic hydroxyl groups is 1. The Kier molecular flexibility index (Phi) is 4.32. The number of β-amino-alcohol motifs (C(OH)–C–C–N with tert-alkyl or cyclic N) is 1. The van der Waals surface area contributed by atoms with Gasteiger partial charge in [-0.25, -0.2) is 0 Å². The molecule has 104 valence electrons. The summed E-state index contributed by atoms with van der Waals surface area (Å²) in [4.78, 5) is 13.7. The maximum atomic E-state index is 12.0. The van der Waals surface area contributed by atoms with Crippen LogP contribution in [0.1, 0.15) is 19.8 Å². The highest BCUT2D eigenvalue weighted by Crippen LogP contribution is 2.24. The molecule has 0 aromatic heterocycles. The molecule has 5 heteroatoms. The van der Waals surface area contributed by atoms with Gasteiger partial charge in [0.05, 0.1) is 10.6 Å². The van der Waals surface area contributed by atoms with E-state index in [0.717, 1.165) is 12.8 Å². The van der Waals surface area contributed by atoms with Crippen molar-refractivity contribution in [2.75, 3.05) is 19.7 Å². The molecule has 1 atom stereocenters. The van der Waals surface area contributed by atoms with E-state index in [1.54, 1.807) is 36.1 Å². The summed E-state index contributed by atoms with van der Waals surface area (Å²) in [5.41, 5.74) is -0.793. The molecule has 19 heavy (non-hydrogen) atoms. The molecule has 2 rings (SSSR count). The predicted octanol–water partition coefficient (Wildman–Crippen LogP) is 2.09. The lowest BCUT2D eigenvalue weighted by molar-refractivity contribution is -0.139. The normalized spacial score (nSPS) is 23.2. The van der Waals surface area contributed by atoms with Gasteiger partial charge < -0.3 is 14.7 Å². The number of carbonyl (C=O) groups is 1. The number of likely N-dealkylation sites (tertiary alicyclic amines) is 1. The standard InChI is InChI=1S/C14H18ClNO3/c1-14(18)7-4-8-16(10-14)13(17)9-19-12-6-3-2-5-11(12)15/h2-3,5-6,18H,4,7-10H2,1H3. The van der Waals surface area contributed by atoms with Crippen molar-refractivity contribution in [3.8, 4) is 5.75 Å². The molecule has 1 saturated heterocycles. The molecule has 1 aliphatic rings. The van der Waals surface area contributed by atoms with Gasteiger partial charge in [-0.05, 0) is 31.9 Å². The van der Waals surface area contributed by atoms with Crippen molar-refractivity contribution >= 4 is 17.5 Å². The second-order valence-corrected chi connectivity index (χ2v) is 5.54. The number of carbonyl (C=O) groups excluding carboxylic acids is 1. The fourth-order valence-electron chi connectivity index (χ4n) is 2.23. The van der Waals surface area contributed by atoms with Crippen molar-refractivity contribution < 1.29 is 14.6 Å². The van der Waals surface area contributed by atoms with Gasteiger partial charge in [-0.1, -0.05) is 23.7 Å². The lowest BCUT2D eigenvalue weighted by atomic mass is 9.95. The zero-order chi connectivity index (χ0) is 13.9. The number of hydrogen-bond acceptors (Lipinski definition) is 3. The monoisotopic (exact) mass is 283 g/mol. The maximum Gasteiger partial charge on any atom is 0.260 e. The van der Waals surface area contributed by atoms with E-state index in [1.807, 2.05) is 0 Å². The zero-order valence-corrected chi connectivity index (χ0v) is 11.7. The maximum absolute atomic E-state index is 12.0. The minimum absolute atomic E-state index is 0.0557. The molecular weight excluding hydrogens is 266 g/mol. The number of piperidine rings is 1. The van der Waals surface area contributed by atoms with Crippen molar-refractivity contribution in [1.82, 2.24) is 4.90 Å². The summed E-state index contributed by atoms with van der Waals surface area (Å²) in [6, 6.07) is 7.05. The Balaban J connectivity index is 1.90. The molecule has 1 aliphatic heterocycles. The Morgan fingerprint density at radius 1 is 1.53 bits per heavy atom. The minimum atomic E-state index is -0.793. The SMILES string of the molecule is CC1(O)CCCN(C(=O)COc2ccccc2Cl)C1. The first kappa shape index (κ1) is 14.2. The van der Waals surface area contributed by atoms with Gasteiger partial charge in [-0.15, -0.1) is 0 Å². The number of para-hydroxylation sites is 1. The van der Waals surface area contributed by atoms with Gasteiger partial charge in [0.1, 0.15) is 5.75 Å². The van der Waals surface area contributed by atoms with Crippen LogP contribution >= 0.6 is 11.6 Å². The average Bonchev–Trinajstić information content (AvgIpc) is 2.36. The zero-order valence-electron chi connectivity index (χ0n) is 10.9. The lowest BCUT2D eigenvalue weighted by Crippen LogP contribution is -2.49. The first-order valence-electron chi connectivity index (χ1n) is 6.35.